The number of carbonyl (C=O) groups is 2. The van der Waals surface area contributed by atoms with E-state index >= 15 is 0 Å². The first-order valence-corrected chi connectivity index (χ1v) is 9.56. The molecule has 0 aliphatic rings. The Morgan fingerprint density at radius 2 is 1.83 bits per heavy atom. The molecule has 1 atom stereocenters. The number of nitro benzene ring substituents is 1. The third-order valence-corrected chi connectivity index (χ3v) is 4.74. The highest BCUT2D eigenvalue weighted by atomic mass is 35.5. The van der Waals surface area contributed by atoms with Crippen LogP contribution in [-0.2, 0) is 14.3 Å². The largest absolute Gasteiger partial charge is 0.490 e. The van der Waals surface area contributed by atoms with Crippen LogP contribution in [0.25, 0.3) is 0 Å². The SMILES string of the molecule is COc1cc(NC(=O)COC(=O)[C@@H](c2ccc(Cl)cc2)C(C)C)c(C)cc1[N+](=O)[O-]. The number of methoxy groups -OCH3 is 1. The lowest BCUT2D eigenvalue weighted by Gasteiger charge is -2.20. The second kappa shape index (κ2) is 10.1. The highest BCUT2D eigenvalue weighted by molar-refractivity contribution is 6.30. The molecule has 160 valence electrons. The van der Waals surface area contributed by atoms with Crippen LogP contribution in [0.1, 0.15) is 30.9 Å². The van der Waals surface area contributed by atoms with Crippen molar-refractivity contribution in [3.63, 3.8) is 0 Å². The number of rotatable bonds is 8. The molecule has 0 bridgehead atoms. The van der Waals surface area contributed by atoms with Crippen LogP contribution < -0.4 is 10.1 Å². The number of halogens is 1. The average molecular weight is 435 g/mol. The molecule has 0 radical (unpaired) electrons. The predicted molar refractivity (Wildman–Crippen MR) is 113 cm³/mol. The molecular weight excluding hydrogens is 412 g/mol. The van der Waals surface area contributed by atoms with Crippen LogP contribution in [0.5, 0.6) is 5.75 Å². The quantitative estimate of drug-likeness (QED) is 0.372. The van der Waals surface area contributed by atoms with Crippen molar-refractivity contribution in [1.82, 2.24) is 0 Å². The monoisotopic (exact) mass is 434 g/mol. The summed E-state index contributed by atoms with van der Waals surface area (Å²) in [6, 6.07) is 9.54. The van der Waals surface area contributed by atoms with E-state index in [-0.39, 0.29) is 17.4 Å². The Labute approximate surface area is 179 Å². The number of esters is 1. The van der Waals surface area contributed by atoms with E-state index in [1.54, 1.807) is 31.2 Å². The molecule has 0 aliphatic heterocycles. The average Bonchev–Trinajstić information content (AvgIpc) is 2.69. The molecule has 0 heterocycles. The third kappa shape index (κ3) is 5.70. The van der Waals surface area contributed by atoms with Crippen molar-refractivity contribution >= 4 is 34.9 Å². The maximum Gasteiger partial charge on any atom is 0.314 e. The first-order chi connectivity index (χ1) is 14.1. The van der Waals surface area contributed by atoms with Gasteiger partial charge in [0.2, 0.25) is 0 Å². The molecule has 1 amide bonds. The van der Waals surface area contributed by atoms with Gasteiger partial charge in [0.15, 0.2) is 12.4 Å². The summed E-state index contributed by atoms with van der Waals surface area (Å²) in [5.41, 5.74) is 1.35. The molecule has 0 aromatic heterocycles. The Kier molecular flexibility index (Phi) is 7.77. The van der Waals surface area contributed by atoms with E-state index in [0.717, 1.165) is 5.56 Å². The number of nitrogens with one attached hydrogen (secondary N) is 1. The zero-order valence-corrected chi connectivity index (χ0v) is 17.9. The van der Waals surface area contributed by atoms with Crippen molar-refractivity contribution < 1.29 is 24.0 Å². The number of aryl methyl sites for hydroxylation is 1. The lowest BCUT2D eigenvalue weighted by molar-refractivity contribution is -0.385. The summed E-state index contributed by atoms with van der Waals surface area (Å²) in [7, 11) is 1.30. The zero-order chi connectivity index (χ0) is 22.4. The van der Waals surface area contributed by atoms with Crippen LogP contribution in [0.2, 0.25) is 5.02 Å². The summed E-state index contributed by atoms with van der Waals surface area (Å²) in [5.74, 6) is -1.68. The fraction of sp³-hybridized carbons (Fsp3) is 0.333. The van der Waals surface area contributed by atoms with Crippen LogP contribution in [0.15, 0.2) is 36.4 Å². The Balaban J connectivity index is 2.07. The van der Waals surface area contributed by atoms with Gasteiger partial charge in [-0.1, -0.05) is 37.6 Å². The van der Waals surface area contributed by atoms with Crippen LogP contribution in [0, 0.1) is 23.0 Å². The Bertz CT molecular complexity index is 943. The molecule has 8 nitrogen and oxygen atoms in total. The Morgan fingerprint density at radius 1 is 1.20 bits per heavy atom. The molecule has 0 unspecified atom stereocenters. The maximum absolute atomic E-state index is 12.6. The van der Waals surface area contributed by atoms with Gasteiger partial charge < -0.3 is 14.8 Å². The van der Waals surface area contributed by atoms with Gasteiger partial charge in [-0.2, -0.15) is 0 Å². The van der Waals surface area contributed by atoms with Gasteiger partial charge in [-0.3, -0.25) is 19.7 Å². The van der Waals surface area contributed by atoms with E-state index < -0.39 is 29.3 Å². The minimum atomic E-state index is -0.569. The highest BCUT2D eigenvalue weighted by Crippen LogP contribution is 2.33. The van der Waals surface area contributed by atoms with Gasteiger partial charge >= 0.3 is 11.7 Å². The second-order valence-electron chi connectivity index (χ2n) is 7.03. The van der Waals surface area contributed by atoms with Crippen molar-refractivity contribution in [3.05, 3.63) is 62.7 Å². The van der Waals surface area contributed by atoms with E-state index in [4.69, 9.17) is 21.1 Å². The van der Waals surface area contributed by atoms with Crippen molar-refractivity contribution in [1.29, 1.82) is 0 Å². The second-order valence-corrected chi connectivity index (χ2v) is 7.46. The molecule has 30 heavy (non-hydrogen) atoms. The summed E-state index contributed by atoms with van der Waals surface area (Å²) < 4.78 is 10.2. The molecule has 2 aromatic carbocycles. The van der Waals surface area contributed by atoms with Gasteiger partial charge in [-0.25, -0.2) is 0 Å². The van der Waals surface area contributed by atoms with Gasteiger partial charge in [0.25, 0.3) is 5.91 Å². The summed E-state index contributed by atoms with van der Waals surface area (Å²) in [5, 5.41) is 14.2. The molecule has 0 saturated heterocycles. The van der Waals surface area contributed by atoms with Gasteiger partial charge in [0.05, 0.1) is 18.0 Å². The number of anilines is 1. The normalized spacial score (nSPS) is 11.7. The number of ether oxygens (including phenoxy) is 2. The summed E-state index contributed by atoms with van der Waals surface area (Å²) in [6.45, 7) is 4.89. The van der Waals surface area contributed by atoms with E-state index in [1.165, 1.54) is 19.2 Å². The highest BCUT2D eigenvalue weighted by Gasteiger charge is 2.26. The number of benzene rings is 2. The molecule has 2 rings (SSSR count). The molecule has 0 spiro atoms. The molecule has 0 fully saturated rings. The standard InChI is InChI=1S/C21H23ClN2O6/c1-12(2)20(14-5-7-15(22)8-6-14)21(26)30-11-19(25)23-16-10-18(29-4)17(24(27)28)9-13(16)3/h5-10,12,20H,11H2,1-4H3,(H,23,25)/t20-/m1/s1. The van der Waals surface area contributed by atoms with Crippen molar-refractivity contribution in [2.24, 2.45) is 5.92 Å². The molecule has 2 aromatic rings. The van der Waals surface area contributed by atoms with Crippen LogP contribution in [-0.4, -0.2) is 30.5 Å². The smallest absolute Gasteiger partial charge is 0.314 e. The fourth-order valence-electron chi connectivity index (χ4n) is 2.99. The fourth-order valence-corrected chi connectivity index (χ4v) is 3.12. The molecular formula is C21H23ClN2O6. The number of hydrogen-bond acceptors (Lipinski definition) is 6. The number of nitrogens with zero attached hydrogens (tertiary/aromatic N) is 1. The summed E-state index contributed by atoms with van der Waals surface area (Å²) >= 11 is 5.90. The van der Waals surface area contributed by atoms with Crippen molar-refractivity contribution in [2.45, 2.75) is 26.7 Å². The predicted octanol–water partition coefficient (Wildman–Crippen LogP) is 4.49. The van der Waals surface area contributed by atoms with Gasteiger partial charge in [-0.15, -0.1) is 0 Å². The topological polar surface area (TPSA) is 108 Å². The number of hydrogen-bond donors (Lipinski definition) is 1. The van der Waals surface area contributed by atoms with Crippen LogP contribution in [0.4, 0.5) is 11.4 Å². The Hall–Kier alpha value is -3.13. The van der Waals surface area contributed by atoms with E-state index in [9.17, 15) is 19.7 Å². The first-order valence-electron chi connectivity index (χ1n) is 9.19. The lowest BCUT2D eigenvalue weighted by atomic mass is 9.88. The molecule has 0 saturated carbocycles. The van der Waals surface area contributed by atoms with Gasteiger partial charge in [0.1, 0.15) is 0 Å². The van der Waals surface area contributed by atoms with E-state index in [2.05, 4.69) is 5.32 Å². The van der Waals surface area contributed by atoms with Crippen LogP contribution >= 0.6 is 11.6 Å². The lowest BCUT2D eigenvalue weighted by Crippen LogP contribution is -2.26. The minimum absolute atomic E-state index is 0.0144. The van der Waals surface area contributed by atoms with Crippen LogP contribution in [0.3, 0.4) is 0 Å². The van der Waals surface area contributed by atoms with Gasteiger partial charge in [0, 0.05) is 22.8 Å². The number of amides is 1. The number of carbonyl (C=O) groups excluding carboxylic acids is 2. The van der Waals surface area contributed by atoms with Gasteiger partial charge in [-0.05, 0) is 36.1 Å². The summed E-state index contributed by atoms with van der Waals surface area (Å²) in [6.07, 6.45) is 0. The maximum atomic E-state index is 12.6. The third-order valence-electron chi connectivity index (χ3n) is 4.49. The first kappa shape index (κ1) is 23.2. The van der Waals surface area contributed by atoms with Crippen molar-refractivity contribution in [2.75, 3.05) is 19.0 Å². The minimum Gasteiger partial charge on any atom is -0.490 e. The van der Waals surface area contributed by atoms with Crippen molar-refractivity contribution in [3.8, 4) is 5.75 Å². The van der Waals surface area contributed by atoms with E-state index in [1.807, 2.05) is 13.8 Å². The molecule has 0 aliphatic carbocycles. The van der Waals surface area contributed by atoms with E-state index in [0.29, 0.717) is 16.3 Å². The molecule has 1 N–H and O–H groups in total. The number of nitro groups is 1. The summed E-state index contributed by atoms with van der Waals surface area (Å²) in [4.78, 5) is 35.4. The molecule has 9 heteroatoms. The Morgan fingerprint density at radius 3 is 2.37 bits per heavy atom. The zero-order valence-electron chi connectivity index (χ0n) is 17.1.